The van der Waals surface area contributed by atoms with E-state index in [2.05, 4.69) is 0 Å². The Hall–Kier alpha value is -1.32. The van der Waals surface area contributed by atoms with Crippen molar-refractivity contribution in [3.8, 4) is 0 Å². The van der Waals surface area contributed by atoms with Crippen LogP contribution in [-0.2, 0) is 9.47 Å². The van der Waals surface area contributed by atoms with Gasteiger partial charge in [-0.3, -0.25) is 0 Å². The molecule has 0 aliphatic carbocycles. The molecule has 0 bridgehead atoms. The second-order valence-electron chi connectivity index (χ2n) is 2.68. The SMILES string of the molecule is CC1(C)OC=CC(N)=C(O)O1. The second-order valence-corrected chi connectivity index (χ2v) is 2.68. The third-order valence-electron chi connectivity index (χ3n) is 1.19. The predicted molar refractivity (Wildman–Crippen MR) is 39.2 cm³/mol. The highest BCUT2D eigenvalue weighted by Crippen LogP contribution is 2.19. The van der Waals surface area contributed by atoms with Crippen LogP contribution in [-0.4, -0.2) is 10.9 Å². The summed E-state index contributed by atoms with van der Waals surface area (Å²) in [5.41, 5.74) is 5.50. The van der Waals surface area contributed by atoms with Crippen molar-refractivity contribution in [3.63, 3.8) is 0 Å². The number of nitrogens with two attached hydrogens (primary N) is 1. The molecule has 0 aromatic rings. The molecule has 1 rings (SSSR count). The largest absolute Gasteiger partial charge is 0.479 e. The van der Waals surface area contributed by atoms with Crippen molar-refractivity contribution in [2.24, 2.45) is 5.73 Å². The fraction of sp³-hybridized carbons (Fsp3) is 0.429. The Morgan fingerprint density at radius 1 is 1.55 bits per heavy atom. The molecule has 0 radical (unpaired) electrons. The van der Waals surface area contributed by atoms with E-state index in [1.165, 1.54) is 12.3 Å². The third-order valence-corrected chi connectivity index (χ3v) is 1.19. The zero-order chi connectivity index (χ0) is 8.48. The summed E-state index contributed by atoms with van der Waals surface area (Å²) >= 11 is 0. The molecule has 0 saturated carbocycles. The Morgan fingerprint density at radius 3 is 2.82 bits per heavy atom. The Morgan fingerprint density at radius 2 is 2.18 bits per heavy atom. The summed E-state index contributed by atoms with van der Waals surface area (Å²) in [4.78, 5) is 0. The van der Waals surface area contributed by atoms with E-state index in [1.807, 2.05) is 0 Å². The van der Waals surface area contributed by atoms with Gasteiger partial charge in [0, 0.05) is 19.9 Å². The molecule has 4 heteroatoms. The van der Waals surface area contributed by atoms with Gasteiger partial charge in [-0.2, -0.15) is 0 Å². The number of rotatable bonds is 0. The van der Waals surface area contributed by atoms with E-state index in [0.29, 0.717) is 0 Å². The second kappa shape index (κ2) is 2.38. The van der Waals surface area contributed by atoms with E-state index in [-0.39, 0.29) is 11.6 Å². The molecule has 0 aromatic carbocycles. The van der Waals surface area contributed by atoms with Gasteiger partial charge in [0.2, 0.25) is 5.79 Å². The molecule has 62 valence electrons. The van der Waals surface area contributed by atoms with Crippen molar-refractivity contribution in [1.29, 1.82) is 0 Å². The smallest absolute Gasteiger partial charge is 0.304 e. The first kappa shape index (κ1) is 7.78. The monoisotopic (exact) mass is 157 g/mol. The van der Waals surface area contributed by atoms with E-state index >= 15 is 0 Å². The number of aliphatic hydroxyl groups excluding tert-OH is 1. The van der Waals surface area contributed by atoms with Gasteiger partial charge in [0.15, 0.2) is 0 Å². The van der Waals surface area contributed by atoms with Crippen LogP contribution < -0.4 is 5.73 Å². The Bertz CT molecular complexity index is 218. The lowest BCUT2D eigenvalue weighted by molar-refractivity contribution is -0.176. The maximum absolute atomic E-state index is 9.09. The van der Waals surface area contributed by atoms with E-state index in [0.717, 1.165) is 0 Å². The summed E-state index contributed by atoms with van der Waals surface area (Å²) in [6.07, 6.45) is 2.82. The Labute approximate surface area is 64.9 Å². The van der Waals surface area contributed by atoms with Crippen LogP contribution >= 0.6 is 0 Å². The Balaban J connectivity index is 2.86. The highest BCUT2D eigenvalue weighted by molar-refractivity contribution is 5.15. The summed E-state index contributed by atoms with van der Waals surface area (Å²) in [6, 6.07) is 0. The van der Waals surface area contributed by atoms with E-state index in [4.69, 9.17) is 20.3 Å². The third kappa shape index (κ3) is 1.80. The molecule has 1 aliphatic rings. The van der Waals surface area contributed by atoms with Gasteiger partial charge >= 0.3 is 5.95 Å². The highest BCUT2D eigenvalue weighted by atomic mass is 16.7. The molecule has 1 aliphatic heterocycles. The zero-order valence-electron chi connectivity index (χ0n) is 6.50. The molecule has 1 heterocycles. The average molecular weight is 157 g/mol. The lowest BCUT2D eigenvalue weighted by atomic mass is 10.4. The zero-order valence-corrected chi connectivity index (χ0v) is 6.50. The van der Waals surface area contributed by atoms with Crippen LogP contribution in [0.25, 0.3) is 0 Å². The van der Waals surface area contributed by atoms with Crippen LogP contribution in [0.2, 0.25) is 0 Å². The Kier molecular flexibility index (Phi) is 1.68. The quantitative estimate of drug-likeness (QED) is 0.550. The summed E-state index contributed by atoms with van der Waals surface area (Å²) in [5.74, 6) is -1.16. The first-order valence-electron chi connectivity index (χ1n) is 3.23. The minimum atomic E-state index is -0.859. The molecule has 0 saturated heterocycles. The standard InChI is InChI=1S/C7H11NO3/c1-7(2)10-4-3-5(8)6(9)11-7/h3-4,9H,8H2,1-2H3. The van der Waals surface area contributed by atoms with Crippen LogP contribution in [0.1, 0.15) is 13.8 Å². The van der Waals surface area contributed by atoms with Crippen molar-refractivity contribution in [1.82, 2.24) is 0 Å². The van der Waals surface area contributed by atoms with E-state index in [1.54, 1.807) is 13.8 Å². The summed E-state index contributed by atoms with van der Waals surface area (Å²) < 4.78 is 9.98. The minimum Gasteiger partial charge on any atom is -0.479 e. The van der Waals surface area contributed by atoms with E-state index < -0.39 is 5.79 Å². The minimum absolute atomic E-state index is 0.163. The molecule has 0 aromatic heterocycles. The molecule has 4 nitrogen and oxygen atoms in total. The average Bonchev–Trinajstić information content (AvgIpc) is 1.93. The molecule has 0 atom stereocenters. The number of hydrogen-bond donors (Lipinski definition) is 2. The number of hydrogen-bond acceptors (Lipinski definition) is 4. The van der Waals surface area contributed by atoms with Gasteiger partial charge in [-0.1, -0.05) is 0 Å². The van der Waals surface area contributed by atoms with Crippen molar-refractivity contribution in [2.75, 3.05) is 0 Å². The number of ether oxygens (including phenoxy) is 2. The molecule has 3 N–H and O–H groups in total. The topological polar surface area (TPSA) is 64.7 Å². The lowest BCUT2D eigenvalue weighted by Gasteiger charge is -2.22. The molecular weight excluding hydrogens is 146 g/mol. The molecule has 0 spiro atoms. The highest BCUT2D eigenvalue weighted by Gasteiger charge is 2.23. The van der Waals surface area contributed by atoms with Crippen LogP contribution in [0.5, 0.6) is 0 Å². The van der Waals surface area contributed by atoms with Crippen LogP contribution in [0.4, 0.5) is 0 Å². The van der Waals surface area contributed by atoms with Gasteiger partial charge in [-0.05, 0) is 0 Å². The maximum atomic E-state index is 9.09. The lowest BCUT2D eigenvalue weighted by Crippen LogP contribution is -2.25. The molecule has 0 fully saturated rings. The van der Waals surface area contributed by atoms with Crippen LogP contribution in [0.3, 0.4) is 0 Å². The summed E-state index contributed by atoms with van der Waals surface area (Å²) in [7, 11) is 0. The van der Waals surface area contributed by atoms with Gasteiger partial charge in [0.05, 0.1) is 6.26 Å². The fourth-order valence-corrected chi connectivity index (χ4v) is 0.658. The van der Waals surface area contributed by atoms with Gasteiger partial charge in [0.25, 0.3) is 0 Å². The fourth-order valence-electron chi connectivity index (χ4n) is 0.658. The van der Waals surface area contributed by atoms with Gasteiger partial charge in [-0.15, -0.1) is 0 Å². The number of allylic oxidation sites excluding steroid dienone is 1. The van der Waals surface area contributed by atoms with Crippen molar-refractivity contribution in [2.45, 2.75) is 19.6 Å². The van der Waals surface area contributed by atoms with Crippen LogP contribution in [0.15, 0.2) is 24.0 Å². The van der Waals surface area contributed by atoms with Crippen molar-refractivity contribution >= 4 is 0 Å². The van der Waals surface area contributed by atoms with Gasteiger partial charge in [-0.25, -0.2) is 0 Å². The first-order valence-corrected chi connectivity index (χ1v) is 3.23. The molecule has 11 heavy (non-hydrogen) atoms. The van der Waals surface area contributed by atoms with Gasteiger partial charge in [0.1, 0.15) is 5.70 Å². The maximum Gasteiger partial charge on any atom is 0.304 e. The summed E-state index contributed by atoms with van der Waals surface area (Å²) in [5, 5.41) is 9.09. The first-order chi connectivity index (χ1) is 5.01. The van der Waals surface area contributed by atoms with E-state index in [9.17, 15) is 0 Å². The van der Waals surface area contributed by atoms with Crippen molar-refractivity contribution in [3.05, 3.63) is 24.0 Å². The van der Waals surface area contributed by atoms with Gasteiger partial charge < -0.3 is 20.3 Å². The van der Waals surface area contributed by atoms with Crippen LogP contribution in [0, 0.1) is 0 Å². The molecule has 0 unspecified atom stereocenters. The van der Waals surface area contributed by atoms with Crippen molar-refractivity contribution < 1.29 is 14.6 Å². The summed E-state index contributed by atoms with van der Waals surface area (Å²) in [6.45, 7) is 3.35. The molecular formula is C7H11NO3. The normalized spacial score (nSPS) is 22.0. The number of aliphatic hydroxyl groups is 1. The molecule has 0 amide bonds. The predicted octanol–water partition coefficient (Wildman–Crippen LogP) is 0.969.